The molecule has 0 bridgehead atoms. The van der Waals surface area contributed by atoms with E-state index in [2.05, 4.69) is 19.1 Å². The predicted octanol–water partition coefficient (Wildman–Crippen LogP) is 1.67. The van der Waals surface area contributed by atoms with Crippen molar-refractivity contribution in [3.8, 4) is 0 Å². The molecule has 4 nitrogen and oxygen atoms in total. The van der Waals surface area contributed by atoms with Crippen LogP contribution in [0.25, 0.3) is 5.59 Å². The van der Waals surface area contributed by atoms with Crippen LogP contribution in [0.2, 0.25) is 0 Å². The van der Waals surface area contributed by atoms with E-state index in [1.807, 2.05) is 12.2 Å². The van der Waals surface area contributed by atoms with Crippen LogP contribution >= 0.6 is 0 Å². The molecule has 1 rings (SSSR count). The molecule has 0 N–H and O–H groups in total. The number of hydrogen-bond acceptors (Lipinski definition) is 3. The van der Waals surface area contributed by atoms with Gasteiger partial charge in [-0.3, -0.25) is 6.08 Å². The van der Waals surface area contributed by atoms with Gasteiger partial charge in [-0.1, -0.05) is 0 Å². The monoisotopic (exact) mass is 548 g/mol. The fourth-order valence-electron chi connectivity index (χ4n) is 0.357. The molecule has 0 unspecified atom stereocenters. The third-order valence-corrected chi connectivity index (χ3v) is 1.27. The first-order chi connectivity index (χ1) is 6.91. The zero-order valence-electron chi connectivity index (χ0n) is 8.13. The Labute approximate surface area is 111 Å². The van der Waals surface area contributed by atoms with Crippen molar-refractivity contribution in [1.29, 1.82) is 0 Å². The van der Waals surface area contributed by atoms with E-state index in [-0.39, 0.29) is 21.1 Å². The summed E-state index contributed by atoms with van der Waals surface area (Å²) in [5.41, 5.74) is 5.75. The van der Waals surface area contributed by atoms with E-state index in [1.165, 1.54) is 8.53 Å². The quantitative estimate of drug-likeness (QED) is 0.433. The van der Waals surface area contributed by atoms with Gasteiger partial charge in [-0.05, 0) is 0 Å². The van der Waals surface area contributed by atoms with Gasteiger partial charge >= 0.3 is 56.8 Å². The van der Waals surface area contributed by atoms with Gasteiger partial charge in [-0.25, -0.2) is 12.2 Å². The minimum atomic E-state index is -1.37. The van der Waals surface area contributed by atoms with E-state index >= 15 is 0 Å². The van der Waals surface area contributed by atoms with Crippen LogP contribution in [0.1, 0.15) is 13.3 Å². The summed E-state index contributed by atoms with van der Waals surface area (Å²) < 4.78 is 3.02. The topological polar surface area (TPSA) is 73.5 Å². The van der Waals surface area contributed by atoms with E-state index < -0.39 is 17.6 Å². The van der Waals surface area contributed by atoms with Gasteiger partial charge in [0.15, 0.2) is 0 Å². The van der Waals surface area contributed by atoms with Crippen LogP contribution in [0, 0.1) is 17.9 Å². The normalized spacial score (nSPS) is 7.87. The summed E-state index contributed by atoms with van der Waals surface area (Å²) >= 11 is -1.37. The van der Waals surface area contributed by atoms with Gasteiger partial charge in [-0.15, -0.1) is 6.42 Å². The van der Waals surface area contributed by atoms with Crippen molar-refractivity contribution in [2.24, 2.45) is 0 Å². The zero-order valence-corrected chi connectivity index (χ0v) is 14.0. The maximum atomic E-state index is 9.09. The smallest absolute Gasteiger partial charge is 0.577 e. The number of nitroso groups, excluding NO2 is 1. The summed E-state index contributed by atoms with van der Waals surface area (Å²) in [6.07, 6.45) is 10.0. The molecule has 6 heteroatoms. The average Bonchev–Trinajstić information content (AvgIpc) is 2.83. The molecular formula is C9H10NO3W2-. The van der Waals surface area contributed by atoms with Gasteiger partial charge < -0.3 is 17.4 Å². The van der Waals surface area contributed by atoms with E-state index in [0.29, 0.717) is 0 Å². The molecule has 0 aromatic heterocycles. The molecule has 0 spiro atoms. The van der Waals surface area contributed by atoms with Gasteiger partial charge in [0.1, 0.15) is 0 Å². The van der Waals surface area contributed by atoms with Gasteiger partial charge in [0.25, 0.3) is 0 Å². The van der Waals surface area contributed by atoms with Crippen LogP contribution in [-0.2, 0) is 48.3 Å². The van der Waals surface area contributed by atoms with Crippen LogP contribution < -0.4 is 0 Å². The molecule has 82 valence electrons. The molecular weight excluding hydrogens is 538 g/mol. The second-order valence-corrected chi connectivity index (χ2v) is 3.20. The molecule has 0 aliphatic heterocycles. The van der Waals surface area contributed by atoms with Crippen molar-refractivity contribution in [3.05, 3.63) is 41.7 Å². The number of nitrogens with zero attached hydrogens (tertiary/aromatic N) is 1. The van der Waals surface area contributed by atoms with Crippen molar-refractivity contribution in [1.82, 2.24) is 0 Å². The van der Waals surface area contributed by atoms with Crippen LogP contribution in [0.5, 0.6) is 0 Å². The average molecular weight is 548 g/mol. The molecule has 0 fully saturated rings. The summed E-state index contributed by atoms with van der Waals surface area (Å²) in [6.45, 7) is 5.00. The molecule has 1 aliphatic rings. The largest absolute Gasteiger partial charge is 2.00 e. The molecule has 1 aliphatic carbocycles. The van der Waals surface area contributed by atoms with Gasteiger partial charge in [0.2, 0.25) is 0 Å². The van der Waals surface area contributed by atoms with E-state index in [9.17, 15) is 0 Å². The zero-order chi connectivity index (χ0) is 11.7. The Morgan fingerprint density at radius 3 is 1.87 bits per heavy atom. The maximum Gasteiger partial charge on any atom is 2.00 e. The first-order valence-electron chi connectivity index (χ1n) is 3.42. The number of rotatable bonds is 0. The van der Waals surface area contributed by atoms with Gasteiger partial charge in [-0.2, -0.15) is 13.0 Å². The van der Waals surface area contributed by atoms with Crippen molar-refractivity contribution in [3.63, 3.8) is 0 Å². The van der Waals surface area contributed by atoms with Crippen molar-refractivity contribution in [2.45, 2.75) is 13.3 Å². The van der Waals surface area contributed by atoms with E-state index in [0.717, 1.165) is 6.42 Å². The first-order valence-corrected chi connectivity index (χ1v) is 6.36. The minimum absolute atomic E-state index is 0. The summed E-state index contributed by atoms with van der Waals surface area (Å²) in [5.74, 6) is 0. The molecule has 0 aromatic carbocycles. The SMILES string of the molecule is O=[C]=[W]=[C]=O.[C-]1=CC=CC1.[CH2-]C.[N-]=O.[W+2]. The van der Waals surface area contributed by atoms with Crippen molar-refractivity contribution < 1.29 is 48.3 Å². The van der Waals surface area contributed by atoms with E-state index in [1.54, 1.807) is 6.92 Å². The molecule has 0 radical (unpaired) electrons. The number of allylic oxidation sites excluding steroid dienone is 4. The summed E-state index contributed by atoms with van der Waals surface area (Å²) in [5, 5.41) is 0. The Bertz CT molecular complexity index is 239. The van der Waals surface area contributed by atoms with Crippen LogP contribution in [0.4, 0.5) is 0 Å². The van der Waals surface area contributed by atoms with E-state index in [4.69, 9.17) is 20.1 Å². The second kappa shape index (κ2) is 37.4. The fourth-order valence-corrected chi connectivity index (χ4v) is 0.479. The third-order valence-electron chi connectivity index (χ3n) is 0.669. The fraction of sp³-hybridized carbons (Fsp3) is 0.222. The maximum absolute atomic E-state index is 9.09. The molecule has 0 atom stereocenters. The Kier molecular flexibility index (Phi) is 59.9. The second-order valence-electron chi connectivity index (χ2n) is 1.27. The summed E-state index contributed by atoms with van der Waals surface area (Å²) in [4.78, 5) is 25.4. The number of carbonyl (C=O) groups excluding carboxylic acids is 2. The van der Waals surface area contributed by atoms with Crippen molar-refractivity contribution >= 4 is 8.53 Å². The predicted molar refractivity (Wildman–Crippen MR) is 50.7 cm³/mol. The van der Waals surface area contributed by atoms with Crippen LogP contribution in [0.3, 0.4) is 0 Å². The third kappa shape index (κ3) is 42.0. The Hall–Kier alpha value is -0.383. The van der Waals surface area contributed by atoms with Crippen LogP contribution in [0.15, 0.2) is 18.2 Å². The van der Waals surface area contributed by atoms with Gasteiger partial charge in [0.05, 0.1) is 0 Å². The molecule has 0 aromatic rings. The molecule has 0 saturated carbocycles. The Morgan fingerprint density at radius 2 is 1.80 bits per heavy atom. The molecule has 0 amide bonds. The van der Waals surface area contributed by atoms with Crippen LogP contribution in [-0.4, -0.2) is 8.53 Å². The summed E-state index contributed by atoms with van der Waals surface area (Å²) in [6, 6.07) is 0. The molecule has 0 saturated heterocycles. The standard InChI is InChI=1S/C5H5.C2H5.2CO.NO.2W/c1-2-4-5-3-1;4*1-2;;/h1-3H,4H2;1H2,2H3;;;;;/q2*-1;;;-1;;+2. The first kappa shape index (κ1) is 24.0. The molecule has 0 heterocycles. The van der Waals surface area contributed by atoms with Crippen molar-refractivity contribution in [2.75, 3.05) is 0 Å². The summed E-state index contributed by atoms with van der Waals surface area (Å²) in [7, 11) is 0. The molecule has 15 heavy (non-hydrogen) atoms. The number of hydrogen-bond donors (Lipinski definition) is 0. The van der Waals surface area contributed by atoms with Gasteiger partial charge in [0, 0.05) is 0 Å². The Balaban J connectivity index is -0.0000000580. The Morgan fingerprint density at radius 1 is 1.33 bits per heavy atom. The minimum Gasteiger partial charge on any atom is -0.577 e.